The van der Waals surface area contributed by atoms with Crippen molar-refractivity contribution in [2.45, 2.75) is 24.9 Å². The summed E-state index contributed by atoms with van der Waals surface area (Å²) in [4.78, 5) is 0.0988. The van der Waals surface area contributed by atoms with Crippen LogP contribution in [0.1, 0.15) is 12.5 Å². The average molecular weight is 280 g/mol. The Morgan fingerprint density at radius 3 is 2.84 bits per heavy atom. The molecule has 0 aliphatic carbocycles. The number of rotatable bonds is 5. The Labute approximate surface area is 112 Å². The molecule has 2 aromatic rings. The quantitative estimate of drug-likeness (QED) is 0.860. The molecule has 0 atom stereocenters. The minimum Gasteiger partial charge on any atom is -0.381 e. The van der Waals surface area contributed by atoms with E-state index in [1.807, 2.05) is 17.8 Å². The summed E-state index contributed by atoms with van der Waals surface area (Å²) in [6, 6.07) is 6.42. The maximum atomic E-state index is 11.2. The van der Waals surface area contributed by atoms with Crippen LogP contribution in [0.2, 0.25) is 0 Å². The van der Waals surface area contributed by atoms with Crippen molar-refractivity contribution in [1.82, 2.24) is 9.78 Å². The molecule has 3 N–H and O–H groups in total. The maximum absolute atomic E-state index is 11.2. The summed E-state index contributed by atoms with van der Waals surface area (Å²) in [5.74, 6) is 0. The van der Waals surface area contributed by atoms with E-state index in [1.54, 1.807) is 18.3 Å². The molecule has 0 unspecified atom stereocenters. The normalized spacial score (nSPS) is 11.5. The zero-order valence-corrected chi connectivity index (χ0v) is 11.4. The van der Waals surface area contributed by atoms with Gasteiger partial charge in [0, 0.05) is 30.5 Å². The maximum Gasteiger partial charge on any atom is 0.238 e. The van der Waals surface area contributed by atoms with Gasteiger partial charge in [-0.2, -0.15) is 5.10 Å². The van der Waals surface area contributed by atoms with Gasteiger partial charge in [-0.05, 0) is 25.1 Å². The first-order chi connectivity index (χ1) is 8.99. The van der Waals surface area contributed by atoms with Gasteiger partial charge in [-0.1, -0.05) is 6.07 Å². The lowest BCUT2D eigenvalue weighted by atomic mass is 10.3. The summed E-state index contributed by atoms with van der Waals surface area (Å²) in [6.45, 7) is 3.41. The zero-order chi connectivity index (χ0) is 13.9. The van der Waals surface area contributed by atoms with Gasteiger partial charge in [0.05, 0.1) is 11.1 Å². The van der Waals surface area contributed by atoms with Crippen molar-refractivity contribution in [3.8, 4) is 0 Å². The van der Waals surface area contributed by atoms with Gasteiger partial charge in [0.25, 0.3) is 0 Å². The Hall–Kier alpha value is -1.86. The number of anilines is 1. The van der Waals surface area contributed by atoms with E-state index in [9.17, 15) is 8.42 Å². The van der Waals surface area contributed by atoms with Gasteiger partial charge in [-0.25, -0.2) is 13.6 Å². The molecular formula is C12H16N4O2S. The Kier molecular flexibility index (Phi) is 3.87. The standard InChI is InChI=1S/C12H16N4O2S/c1-2-16-9-10(8-15-16)7-14-11-4-3-5-12(6-11)19(13,17)18/h3-6,8-9,14H,2,7H2,1H3,(H2,13,17,18). The number of benzene rings is 1. The molecular weight excluding hydrogens is 264 g/mol. The largest absolute Gasteiger partial charge is 0.381 e. The number of nitrogens with zero attached hydrogens (tertiary/aromatic N) is 2. The number of aromatic nitrogens is 2. The second-order valence-corrected chi connectivity index (χ2v) is 5.69. The Morgan fingerprint density at radius 1 is 1.42 bits per heavy atom. The van der Waals surface area contributed by atoms with Crippen molar-refractivity contribution in [3.63, 3.8) is 0 Å². The summed E-state index contributed by atoms with van der Waals surface area (Å²) in [5, 5.41) is 12.4. The summed E-state index contributed by atoms with van der Waals surface area (Å²) in [5.41, 5.74) is 1.73. The molecule has 0 saturated carbocycles. The number of sulfonamides is 1. The summed E-state index contributed by atoms with van der Waals surface area (Å²) < 4.78 is 24.3. The monoisotopic (exact) mass is 280 g/mol. The van der Waals surface area contributed by atoms with Gasteiger partial charge in [-0.15, -0.1) is 0 Å². The summed E-state index contributed by atoms with van der Waals surface area (Å²) in [6.07, 6.45) is 3.72. The lowest BCUT2D eigenvalue weighted by Gasteiger charge is -2.06. The molecule has 2 rings (SSSR count). The van der Waals surface area contributed by atoms with Crippen molar-refractivity contribution in [1.29, 1.82) is 0 Å². The van der Waals surface area contributed by atoms with Gasteiger partial charge < -0.3 is 5.32 Å². The van der Waals surface area contributed by atoms with Crippen LogP contribution < -0.4 is 10.5 Å². The van der Waals surface area contributed by atoms with Crippen LogP contribution >= 0.6 is 0 Å². The lowest BCUT2D eigenvalue weighted by molar-refractivity contribution is 0.598. The molecule has 0 spiro atoms. The van der Waals surface area contributed by atoms with Gasteiger partial charge in [0.1, 0.15) is 0 Å². The van der Waals surface area contributed by atoms with E-state index < -0.39 is 10.0 Å². The van der Waals surface area contributed by atoms with Crippen molar-refractivity contribution in [3.05, 3.63) is 42.2 Å². The Balaban J connectivity index is 2.07. The highest BCUT2D eigenvalue weighted by Gasteiger charge is 2.07. The molecule has 102 valence electrons. The molecule has 0 aliphatic rings. The summed E-state index contributed by atoms with van der Waals surface area (Å²) >= 11 is 0. The molecule has 0 fully saturated rings. The smallest absolute Gasteiger partial charge is 0.238 e. The molecule has 19 heavy (non-hydrogen) atoms. The third kappa shape index (κ3) is 3.55. The molecule has 0 amide bonds. The first kappa shape index (κ1) is 13.6. The Morgan fingerprint density at radius 2 is 2.21 bits per heavy atom. The van der Waals surface area contributed by atoms with Crippen LogP contribution in [0.4, 0.5) is 5.69 Å². The molecule has 7 heteroatoms. The van der Waals surface area contributed by atoms with Gasteiger partial charge in [0.15, 0.2) is 0 Å². The first-order valence-electron chi connectivity index (χ1n) is 5.87. The predicted molar refractivity (Wildman–Crippen MR) is 73.0 cm³/mol. The molecule has 0 radical (unpaired) electrons. The van der Waals surface area contributed by atoms with Crippen molar-refractivity contribution >= 4 is 15.7 Å². The lowest BCUT2D eigenvalue weighted by Crippen LogP contribution is -2.12. The van der Waals surface area contributed by atoms with Crippen LogP contribution in [0.5, 0.6) is 0 Å². The van der Waals surface area contributed by atoms with Crippen LogP contribution in [0, 0.1) is 0 Å². The van der Waals surface area contributed by atoms with Crippen LogP contribution in [-0.2, 0) is 23.1 Å². The number of primary sulfonamides is 1. The predicted octanol–water partition coefficient (Wildman–Crippen LogP) is 1.16. The number of hydrogen-bond acceptors (Lipinski definition) is 4. The molecule has 6 nitrogen and oxygen atoms in total. The minimum atomic E-state index is -3.66. The van der Waals surface area contributed by atoms with Crippen LogP contribution in [0.3, 0.4) is 0 Å². The summed E-state index contributed by atoms with van der Waals surface area (Å²) in [7, 11) is -3.66. The van der Waals surface area contributed by atoms with E-state index >= 15 is 0 Å². The number of nitrogens with two attached hydrogens (primary N) is 1. The third-order valence-corrected chi connectivity index (χ3v) is 3.58. The van der Waals surface area contributed by atoms with E-state index in [2.05, 4.69) is 10.4 Å². The minimum absolute atomic E-state index is 0.0988. The van der Waals surface area contributed by atoms with Gasteiger partial charge in [-0.3, -0.25) is 4.68 Å². The number of aryl methyl sites for hydroxylation is 1. The van der Waals surface area contributed by atoms with E-state index in [0.717, 1.165) is 12.1 Å². The highest BCUT2D eigenvalue weighted by molar-refractivity contribution is 7.89. The molecule has 1 aromatic carbocycles. The second-order valence-electron chi connectivity index (χ2n) is 4.13. The van der Waals surface area contributed by atoms with Crippen LogP contribution in [0.25, 0.3) is 0 Å². The molecule has 0 aliphatic heterocycles. The van der Waals surface area contributed by atoms with E-state index in [4.69, 9.17) is 5.14 Å². The number of nitrogens with one attached hydrogen (secondary N) is 1. The SMILES string of the molecule is CCn1cc(CNc2cccc(S(N)(=O)=O)c2)cn1. The third-order valence-electron chi connectivity index (χ3n) is 2.67. The molecule has 0 bridgehead atoms. The van der Waals surface area contributed by atoms with Crippen LogP contribution in [0.15, 0.2) is 41.6 Å². The fraction of sp³-hybridized carbons (Fsp3) is 0.250. The van der Waals surface area contributed by atoms with Crippen molar-refractivity contribution in [2.24, 2.45) is 5.14 Å². The van der Waals surface area contributed by atoms with Crippen molar-refractivity contribution < 1.29 is 8.42 Å². The molecule has 1 aromatic heterocycles. The average Bonchev–Trinajstić information content (AvgIpc) is 2.84. The molecule has 1 heterocycles. The van der Waals surface area contributed by atoms with Crippen LogP contribution in [-0.4, -0.2) is 18.2 Å². The van der Waals surface area contributed by atoms with Gasteiger partial charge >= 0.3 is 0 Å². The van der Waals surface area contributed by atoms with E-state index in [0.29, 0.717) is 12.2 Å². The fourth-order valence-electron chi connectivity index (χ4n) is 1.66. The Bertz CT molecular complexity index is 664. The van der Waals surface area contributed by atoms with Crippen molar-refractivity contribution in [2.75, 3.05) is 5.32 Å². The topological polar surface area (TPSA) is 90.0 Å². The highest BCUT2D eigenvalue weighted by Crippen LogP contribution is 2.15. The zero-order valence-electron chi connectivity index (χ0n) is 10.6. The molecule has 0 saturated heterocycles. The fourth-order valence-corrected chi connectivity index (χ4v) is 2.22. The first-order valence-corrected chi connectivity index (χ1v) is 7.42. The number of hydrogen-bond donors (Lipinski definition) is 2. The second kappa shape index (κ2) is 5.41. The van der Waals surface area contributed by atoms with Gasteiger partial charge in [0.2, 0.25) is 10.0 Å². The highest BCUT2D eigenvalue weighted by atomic mass is 32.2. The van der Waals surface area contributed by atoms with E-state index in [-0.39, 0.29) is 4.90 Å². The van der Waals surface area contributed by atoms with E-state index in [1.165, 1.54) is 12.1 Å².